The van der Waals surface area contributed by atoms with E-state index >= 15 is 0 Å². The highest BCUT2D eigenvalue weighted by Crippen LogP contribution is 1.87. The second kappa shape index (κ2) is 3.96. The van der Waals surface area contributed by atoms with Gasteiger partial charge in [0.05, 0.1) is 6.54 Å². The van der Waals surface area contributed by atoms with Crippen molar-refractivity contribution in [2.24, 2.45) is 10.8 Å². The number of carboxylic acid groups (broad SMARTS) is 1. The predicted molar refractivity (Wildman–Crippen MR) is 30.2 cm³/mol. The Balaban J connectivity index is 3.37. The van der Waals surface area contributed by atoms with Crippen molar-refractivity contribution in [1.29, 1.82) is 5.53 Å². The summed E-state index contributed by atoms with van der Waals surface area (Å²) in [7, 11) is 0. The number of nitrogens with two attached hydrogens (primary N) is 1. The molecular weight excluding hydrogens is 122 g/mol. The fraction of sp³-hybridized carbons (Fsp3) is 0.750. The minimum atomic E-state index is -1.04. The van der Waals surface area contributed by atoms with Crippen molar-refractivity contribution in [2.75, 3.05) is 6.54 Å². The highest BCUT2D eigenvalue weighted by Gasteiger charge is 2.09. The number of rotatable bonds is 4. The van der Waals surface area contributed by atoms with Crippen LogP contribution in [0.25, 0.3) is 0 Å². The molecule has 0 fully saturated rings. The summed E-state index contributed by atoms with van der Waals surface area (Å²) in [5, 5.41) is 11.1. The first-order valence-corrected chi connectivity index (χ1v) is 2.50. The van der Waals surface area contributed by atoms with Gasteiger partial charge in [-0.25, -0.2) is 5.53 Å². The molecule has 0 saturated carbocycles. The summed E-state index contributed by atoms with van der Waals surface area (Å²) in [5.41, 5.74) is 11.4. The van der Waals surface area contributed by atoms with E-state index in [2.05, 4.69) is 5.11 Å². The minimum Gasteiger partial charge on any atom is -0.480 e. The summed E-state index contributed by atoms with van der Waals surface area (Å²) in [4.78, 5) is 9.98. The molecule has 0 aliphatic carbocycles. The van der Waals surface area contributed by atoms with E-state index in [4.69, 9.17) is 16.4 Å². The first-order chi connectivity index (χ1) is 4.18. The Morgan fingerprint density at radius 1 is 1.89 bits per heavy atom. The summed E-state index contributed by atoms with van der Waals surface area (Å²) in [6.45, 7) is 0.188. The fourth-order valence-electron chi connectivity index (χ4n) is 0.327. The Hall–Kier alpha value is -0.970. The molecule has 0 aromatic rings. The number of nitrogens with one attached hydrogen (secondary N) is 1. The second-order valence-corrected chi connectivity index (χ2v) is 1.62. The van der Waals surface area contributed by atoms with Crippen LogP contribution in [0.3, 0.4) is 0 Å². The molecule has 0 amide bonds. The highest BCUT2D eigenvalue weighted by molar-refractivity contribution is 5.72. The molecule has 0 aliphatic rings. The van der Waals surface area contributed by atoms with Crippen LogP contribution in [0, 0.1) is 5.53 Å². The van der Waals surface area contributed by atoms with E-state index in [1.807, 2.05) is 0 Å². The zero-order valence-corrected chi connectivity index (χ0v) is 4.87. The average molecular weight is 131 g/mol. The molecule has 5 heteroatoms. The summed E-state index contributed by atoms with van der Waals surface area (Å²) in [5.74, 6) is -1.04. The van der Waals surface area contributed by atoms with E-state index in [1.165, 1.54) is 0 Å². The van der Waals surface area contributed by atoms with E-state index in [-0.39, 0.29) is 13.0 Å². The quantitative estimate of drug-likeness (QED) is 0.461. The van der Waals surface area contributed by atoms with Gasteiger partial charge in [0.2, 0.25) is 0 Å². The lowest BCUT2D eigenvalue weighted by Crippen LogP contribution is -2.30. The highest BCUT2D eigenvalue weighted by atomic mass is 16.4. The molecule has 0 aromatic carbocycles. The summed E-state index contributed by atoms with van der Waals surface area (Å²) < 4.78 is 0. The number of hydrogen-bond acceptors (Lipinski definition) is 4. The van der Waals surface area contributed by atoms with Crippen molar-refractivity contribution in [3.63, 3.8) is 0 Å². The standard InChI is InChI=1S/C4H9N3O2/c5-3(4(8)9)1-2-7-6/h3,6H,1-2,5H2,(H,8,9). The normalized spacial score (nSPS) is 12.6. The molecule has 0 rings (SSSR count). The van der Waals surface area contributed by atoms with Crippen LogP contribution >= 0.6 is 0 Å². The van der Waals surface area contributed by atoms with Crippen molar-refractivity contribution in [2.45, 2.75) is 12.5 Å². The number of nitrogens with zero attached hydrogens (tertiary/aromatic N) is 1. The first-order valence-electron chi connectivity index (χ1n) is 2.50. The Labute approximate surface area is 52.4 Å². The summed E-state index contributed by atoms with van der Waals surface area (Å²) in [6.07, 6.45) is 0.235. The predicted octanol–water partition coefficient (Wildman–Crippen LogP) is -0.181. The smallest absolute Gasteiger partial charge is 0.320 e. The van der Waals surface area contributed by atoms with Gasteiger partial charge in [-0.2, -0.15) is 5.11 Å². The lowest BCUT2D eigenvalue weighted by atomic mass is 10.2. The minimum absolute atomic E-state index is 0.188. The molecule has 0 aliphatic heterocycles. The zero-order chi connectivity index (χ0) is 7.28. The molecule has 52 valence electrons. The van der Waals surface area contributed by atoms with E-state index in [9.17, 15) is 4.79 Å². The molecule has 1 unspecified atom stereocenters. The van der Waals surface area contributed by atoms with Gasteiger partial charge in [-0.1, -0.05) is 0 Å². The van der Waals surface area contributed by atoms with Crippen LogP contribution in [0.5, 0.6) is 0 Å². The van der Waals surface area contributed by atoms with Gasteiger partial charge in [-0.05, 0) is 6.42 Å². The van der Waals surface area contributed by atoms with Crippen LogP contribution in [0.1, 0.15) is 6.42 Å². The van der Waals surface area contributed by atoms with Crippen LogP contribution in [0.4, 0.5) is 0 Å². The van der Waals surface area contributed by atoms with Gasteiger partial charge in [0.15, 0.2) is 0 Å². The Morgan fingerprint density at radius 3 is 2.78 bits per heavy atom. The molecule has 0 spiro atoms. The van der Waals surface area contributed by atoms with Gasteiger partial charge < -0.3 is 10.8 Å². The first kappa shape index (κ1) is 8.03. The van der Waals surface area contributed by atoms with Gasteiger partial charge in [0.25, 0.3) is 0 Å². The summed E-state index contributed by atoms with van der Waals surface area (Å²) in [6, 6.07) is -0.876. The molecule has 5 nitrogen and oxygen atoms in total. The van der Waals surface area contributed by atoms with E-state index in [0.29, 0.717) is 0 Å². The van der Waals surface area contributed by atoms with Crippen molar-refractivity contribution in [1.82, 2.24) is 0 Å². The van der Waals surface area contributed by atoms with E-state index in [0.717, 1.165) is 0 Å². The molecule has 4 N–H and O–H groups in total. The number of aliphatic carboxylic acids is 1. The van der Waals surface area contributed by atoms with Crippen LogP contribution < -0.4 is 5.73 Å². The number of carboxylic acids is 1. The molecule has 0 aromatic heterocycles. The van der Waals surface area contributed by atoms with Gasteiger partial charge in [0, 0.05) is 0 Å². The number of carbonyl (C=O) groups is 1. The number of hydrogen-bond donors (Lipinski definition) is 3. The molecular formula is C4H9N3O2. The van der Waals surface area contributed by atoms with Gasteiger partial charge in [-0.3, -0.25) is 4.79 Å². The van der Waals surface area contributed by atoms with Crippen molar-refractivity contribution < 1.29 is 9.90 Å². The van der Waals surface area contributed by atoms with Crippen LogP contribution in [0.2, 0.25) is 0 Å². The van der Waals surface area contributed by atoms with Crippen LogP contribution in [0.15, 0.2) is 5.11 Å². The van der Waals surface area contributed by atoms with E-state index < -0.39 is 12.0 Å². The molecule has 0 bridgehead atoms. The van der Waals surface area contributed by atoms with Crippen LogP contribution in [-0.2, 0) is 4.79 Å². The van der Waals surface area contributed by atoms with Crippen molar-refractivity contribution in [3.05, 3.63) is 0 Å². The molecule has 1 atom stereocenters. The molecule has 0 heterocycles. The SMILES string of the molecule is N=NCCC(N)C(=O)O. The van der Waals surface area contributed by atoms with Gasteiger partial charge >= 0.3 is 5.97 Å². The van der Waals surface area contributed by atoms with Crippen LogP contribution in [-0.4, -0.2) is 23.7 Å². The van der Waals surface area contributed by atoms with Crippen molar-refractivity contribution in [3.8, 4) is 0 Å². The molecule has 9 heavy (non-hydrogen) atoms. The molecule has 0 radical (unpaired) electrons. The zero-order valence-electron chi connectivity index (χ0n) is 4.87. The monoisotopic (exact) mass is 131 g/mol. The van der Waals surface area contributed by atoms with Crippen molar-refractivity contribution >= 4 is 5.97 Å². The fourth-order valence-corrected chi connectivity index (χ4v) is 0.327. The van der Waals surface area contributed by atoms with E-state index in [1.54, 1.807) is 0 Å². The Bertz CT molecular complexity index is 114. The average Bonchev–Trinajstić information content (AvgIpc) is 1.82. The molecule has 0 saturated heterocycles. The third-order valence-corrected chi connectivity index (χ3v) is 0.869. The lowest BCUT2D eigenvalue weighted by Gasteiger charge is -2.00. The Morgan fingerprint density at radius 2 is 2.44 bits per heavy atom. The third kappa shape index (κ3) is 3.60. The maximum Gasteiger partial charge on any atom is 0.320 e. The van der Waals surface area contributed by atoms with Gasteiger partial charge in [-0.15, -0.1) is 0 Å². The maximum absolute atomic E-state index is 9.98. The second-order valence-electron chi connectivity index (χ2n) is 1.62. The third-order valence-electron chi connectivity index (χ3n) is 0.869. The lowest BCUT2D eigenvalue weighted by molar-refractivity contribution is -0.138. The Kier molecular flexibility index (Phi) is 3.54. The van der Waals surface area contributed by atoms with Gasteiger partial charge in [0.1, 0.15) is 6.04 Å². The summed E-state index contributed by atoms with van der Waals surface area (Å²) >= 11 is 0. The topological polar surface area (TPSA) is 99.5 Å². The largest absolute Gasteiger partial charge is 0.480 e. The maximum atomic E-state index is 9.98.